The van der Waals surface area contributed by atoms with Crippen LogP contribution in [0.4, 0.5) is 5.69 Å². The summed E-state index contributed by atoms with van der Waals surface area (Å²) in [4.78, 5) is 29.1. The highest BCUT2D eigenvalue weighted by Crippen LogP contribution is 2.23. The average Bonchev–Trinajstić information content (AvgIpc) is 3.00. The minimum Gasteiger partial charge on any atom is -0.485 e. The molecular formula is C33H43N3O3. The maximum atomic E-state index is 12.9. The molecule has 4 rings (SSSR count). The van der Waals surface area contributed by atoms with Gasteiger partial charge in [0.1, 0.15) is 5.75 Å². The third-order valence-corrected chi connectivity index (χ3v) is 5.21. The molecule has 1 atom stereocenters. The van der Waals surface area contributed by atoms with Crippen molar-refractivity contribution in [1.82, 2.24) is 4.98 Å². The number of hydrogen-bond donors (Lipinski definition) is 2. The lowest BCUT2D eigenvalue weighted by molar-refractivity contribution is -0.117. The van der Waals surface area contributed by atoms with Crippen molar-refractivity contribution in [2.24, 2.45) is 5.73 Å². The minimum atomic E-state index is -0.511. The van der Waals surface area contributed by atoms with Gasteiger partial charge < -0.3 is 15.8 Å². The normalized spacial score (nSPS) is 10.3. The largest absolute Gasteiger partial charge is 0.485 e. The van der Waals surface area contributed by atoms with Crippen molar-refractivity contribution in [3.63, 3.8) is 0 Å². The quantitative estimate of drug-likeness (QED) is 0.229. The number of pyridine rings is 1. The van der Waals surface area contributed by atoms with E-state index in [1.165, 1.54) is 6.42 Å². The lowest BCUT2D eigenvalue weighted by Crippen LogP contribution is -2.27. The van der Waals surface area contributed by atoms with Crippen molar-refractivity contribution in [2.45, 2.75) is 53.9 Å². The van der Waals surface area contributed by atoms with E-state index in [-0.39, 0.29) is 24.8 Å². The SMILES string of the molecule is CC.CC.CCC.NCC(C(=O)Nc1ccc2cnccc2c1)c1ccc(OCC(=O)c2ccccc2)cc1. The van der Waals surface area contributed by atoms with Crippen molar-refractivity contribution in [3.8, 4) is 5.75 Å². The van der Waals surface area contributed by atoms with E-state index in [9.17, 15) is 9.59 Å². The molecule has 3 N–H and O–H groups in total. The van der Waals surface area contributed by atoms with Gasteiger partial charge in [-0.25, -0.2) is 0 Å². The van der Waals surface area contributed by atoms with Crippen LogP contribution >= 0.6 is 0 Å². The lowest BCUT2D eigenvalue weighted by atomic mass is 9.98. The van der Waals surface area contributed by atoms with Crippen molar-refractivity contribution >= 4 is 28.2 Å². The highest BCUT2D eigenvalue weighted by atomic mass is 16.5. The van der Waals surface area contributed by atoms with Crippen molar-refractivity contribution < 1.29 is 14.3 Å². The molecule has 0 bridgehead atoms. The molecule has 6 nitrogen and oxygen atoms in total. The third kappa shape index (κ3) is 10.7. The Morgan fingerprint density at radius 3 is 2.13 bits per heavy atom. The molecule has 1 amide bonds. The van der Waals surface area contributed by atoms with E-state index in [0.717, 1.165) is 16.3 Å². The van der Waals surface area contributed by atoms with Crippen LogP contribution in [-0.2, 0) is 4.79 Å². The van der Waals surface area contributed by atoms with E-state index in [4.69, 9.17) is 10.5 Å². The van der Waals surface area contributed by atoms with Crippen LogP contribution in [0.5, 0.6) is 5.75 Å². The van der Waals surface area contributed by atoms with Gasteiger partial charge in [-0.15, -0.1) is 0 Å². The molecule has 1 heterocycles. The monoisotopic (exact) mass is 529 g/mol. The van der Waals surface area contributed by atoms with E-state index in [1.54, 1.807) is 48.8 Å². The first-order chi connectivity index (χ1) is 19.0. The van der Waals surface area contributed by atoms with Gasteiger partial charge in [0, 0.05) is 35.6 Å². The summed E-state index contributed by atoms with van der Waals surface area (Å²) in [6.45, 7) is 12.4. The number of carbonyl (C=O) groups excluding carboxylic acids is 2. The Balaban J connectivity index is 0.000000996. The van der Waals surface area contributed by atoms with Gasteiger partial charge in [-0.2, -0.15) is 0 Å². The number of nitrogens with one attached hydrogen (secondary N) is 1. The lowest BCUT2D eigenvalue weighted by Gasteiger charge is -2.16. The molecule has 1 aromatic heterocycles. The summed E-state index contributed by atoms with van der Waals surface area (Å²) >= 11 is 0. The molecule has 208 valence electrons. The minimum absolute atomic E-state index is 0.0539. The molecule has 1 unspecified atom stereocenters. The zero-order chi connectivity index (χ0) is 29.0. The summed E-state index contributed by atoms with van der Waals surface area (Å²) < 4.78 is 5.60. The molecule has 0 spiro atoms. The average molecular weight is 530 g/mol. The Morgan fingerprint density at radius 2 is 1.51 bits per heavy atom. The maximum Gasteiger partial charge on any atom is 0.233 e. The standard InChI is InChI=1S/C26H23N3O3.C3H8.2C2H6/c27-15-24(26(31)29-22-9-6-21-16-28-13-12-20(21)14-22)18-7-10-23(11-8-18)32-17-25(30)19-4-2-1-3-5-19;1-3-2;2*1-2/h1-14,16,24H,15,17,27H2,(H,29,31);3H2,1-2H3;2*1-2H3. The fourth-order valence-electron chi connectivity index (χ4n) is 3.44. The van der Waals surface area contributed by atoms with Crippen LogP contribution in [-0.4, -0.2) is 29.8 Å². The van der Waals surface area contributed by atoms with Gasteiger partial charge in [0.05, 0.1) is 5.92 Å². The summed E-state index contributed by atoms with van der Waals surface area (Å²) in [5.41, 5.74) is 7.99. The van der Waals surface area contributed by atoms with E-state index < -0.39 is 5.92 Å². The number of aromatic nitrogens is 1. The number of rotatable bonds is 8. The first kappa shape index (κ1) is 33.0. The van der Waals surface area contributed by atoms with Gasteiger partial charge in [-0.1, -0.05) is 96.5 Å². The Morgan fingerprint density at radius 1 is 0.872 bits per heavy atom. The van der Waals surface area contributed by atoms with Gasteiger partial charge in [0.15, 0.2) is 12.4 Å². The molecule has 6 heteroatoms. The van der Waals surface area contributed by atoms with Gasteiger partial charge in [0.25, 0.3) is 0 Å². The van der Waals surface area contributed by atoms with Crippen LogP contribution in [0.2, 0.25) is 0 Å². The zero-order valence-corrected chi connectivity index (χ0v) is 24.1. The molecular weight excluding hydrogens is 486 g/mol. The van der Waals surface area contributed by atoms with Crippen LogP contribution in [0, 0.1) is 0 Å². The first-order valence-electron chi connectivity index (χ1n) is 13.7. The number of nitrogens with zero attached hydrogens (tertiary/aromatic N) is 1. The highest BCUT2D eigenvalue weighted by molar-refractivity contribution is 5.98. The smallest absolute Gasteiger partial charge is 0.233 e. The second-order valence-electron chi connectivity index (χ2n) is 8.07. The van der Waals surface area contributed by atoms with Gasteiger partial charge in [0.2, 0.25) is 5.91 Å². The van der Waals surface area contributed by atoms with Crippen LogP contribution < -0.4 is 15.8 Å². The van der Waals surface area contributed by atoms with Crippen molar-refractivity contribution in [1.29, 1.82) is 0 Å². The molecule has 4 aromatic rings. The Hall–Kier alpha value is -4.03. The predicted octanol–water partition coefficient (Wildman–Crippen LogP) is 7.65. The summed E-state index contributed by atoms with van der Waals surface area (Å²) in [6.07, 6.45) is 4.74. The molecule has 0 aliphatic rings. The van der Waals surface area contributed by atoms with E-state index in [2.05, 4.69) is 24.1 Å². The molecule has 3 aromatic carbocycles. The second kappa shape index (κ2) is 19.1. The predicted molar refractivity (Wildman–Crippen MR) is 164 cm³/mol. The number of amides is 1. The fourth-order valence-corrected chi connectivity index (χ4v) is 3.44. The number of Topliss-reactive ketones (excluding diaryl/α,β-unsaturated/α-hetero) is 1. The number of ether oxygens (including phenoxy) is 1. The van der Waals surface area contributed by atoms with Crippen LogP contribution in [0.25, 0.3) is 10.8 Å². The van der Waals surface area contributed by atoms with Gasteiger partial charge in [-0.05, 0) is 41.3 Å². The molecule has 0 aliphatic carbocycles. The van der Waals surface area contributed by atoms with E-state index >= 15 is 0 Å². The summed E-state index contributed by atoms with van der Waals surface area (Å²) in [6, 6.07) is 23.6. The number of anilines is 1. The number of ketones is 1. The number of fused-ring (bicyclic) bond motifs is 1. The van der Waals surface area contributed by atoms with E-state index in [1.807, 2.05) is 70.2 Å². The molecule has 0 radical (unpaired) electrons. The molecule has 0 aliphatic heterocycles. The van der Waals surface area contributed by atoms with Gasteiger partial charge in [-0.3, -0.25) is 14.6 Å². The molecule has 0 fully saturated rings. The third-order valence-electron chi connectivity index (χ3n) is 5.21. The van der Waals surface area contributed by atoms with Crippen LogP contribution in [0.15, 0.2) is 91.3 Å². The Labute approximate surface area is 233 Å². The fraction of sp³-hybridized carbons (Fsp3) is 0.303. The number of benzene rings is 3. The zero-order valence-electron chi connectivity index (χ0n) is 24.1. The number of carbonyl (C=O) groups is 2. The highest BCUT2D eigenvalue weighted by Gasteiger charge is 2.19. The van der Waals surface area contributed by atoms with Crippen LogP contribution in [0.1, 0.15) is 69.8 Å². The van der Waals surface area contributed by atoms with Crippen LogP contribution in [0.3, 0.4) is 0 Å². The topological polar surface area (TPSA) is 94.3 Å². The molecule has 0 saturated carbocycles. The maximum absolute atomic E-state index is 12.9. The Kier molecular flexibility index (Phi) is 16.2. The summed E-state index contributed by atoms with van der Waals surface area (Å²) in [7, 11) is 0. The number of nitrogens with two attached hydrogens (primary N) is 1. The molecule has 0 saturated heterocycles. The first-order valence-corrected chi connectivity index (χ1v) is 13.7. The van der Waals surface area contributed by atoms with Crippen molar-refractivity contribution in [2.75, 3.05) is 18.5 Å². The second-order valence-corrected chi connectivity index (χ2v) is 8.07. The van der Waals surface area contributed by atoms with Gasteiger partial charge >= 0.3 is 0 Å². The number of hydrogen-bond acceptors (Lipinski definition) is 5. The van der Waals surface area contributed by atoms with Crippen molar-refractivity contribution in [3.05, 3.63) is 102 Å². The molecule has 39 heavy (non-hydrogen) atoms. The Bertz CT molecular complexity index is 1240. The summed E-state index contributed by atoms with van der Waals surface area (Å²) in [5.74, 6) is -0.241. The summed E-state index contributed by atoms with van der Waals surface area (Å²) in [5, 5.41) is 4.94. The van der Waals surface area contributed by atoms with E-state index in [0.29, 0.717) is 17.0 Å².